The molecule has 10 heteroatoms. The lowest BCUT2D eigenvalue weighted by Gasteiger charge is -2.30. The number of thiazole rings is 1. The second kappa shape index (κ2) is 9.94. The Bertz CT molecular complexity index is 1470. The van der Waals surface area contributed by atoms with E-state index in [0.29, 0.717) is 38.4 Å². The lowest BCUT2D eigenvalue weighted by molar-refractivity contribution is 0.00948. The smallest absolute Gasteiger partial charge is 0.263 e. The van der Waals surface area contributed by atoms with Crippen molar-refractivity contribution < 1.29 is 14.3 Å². The minimum absolute atomic E-state index is 0.0324. The second-order valence-electron chi connectivity index (χ2n) is 10.2. The number of carbonyl (C=O) groups excluding carboxylic acids is 1. The molecule has 1 aromatic carbocycles. The predicted octanol–water partition coefficient (Wildman–Crippen LogP) is 4.33. The maximum atomic E-state index is 13.6. The highest BCUT2D eigenvalue weighted by molar-refractivity contribution is 7.17. The van der Waals surface area contributed by atoms with Gasteiger partial charge in [-0.25, -0.2) is 24.3 Å². The molecule has 4 aromatic rings. The Balaban J connectivity index is 1.46. The molecule has 1 fully saturated rings. The fourth-order valence-electron chi connectivity index (χ4n) is 4.31. The number of nitrogens with one attached hydrogen (secondary N) is 1. The number of hydrogen-bond donors (Lipinski definition) is 3. The Morgan fingerprint density at radius 2 is 1.84 bits per heavy atom. The summed E-state index contributed by atoms with van der Waals surface area (Å²) in [5, 5.41) is 15.4. The fraction of sp³-hybridized carbons (Fsp3) is 0.321. The summed E-state index contributed by atoms with van der Waals surface area (Å²) in [4.78, 5) is 31.3. The molecule has 1 saturated carbocycles. The van der Waals surface area contributed by atoms with Crippen molar-refractivity contribution in [1.29, 1.82) is 0 Å². The van der Waals surface area contributed by atoms with Crippen molar-refractivity contribution in [1.82, 2.24) is 25.3 Å². The van der Waals surface area contributed by atoms with Crippen LogP contribution >= 0.6 is 11.3 Å². The van der Waals surface area contributed by atoms with Crippen molar-refractivity contribution in [3.63, 3.8) is 0 Å². The van der Waals surface area contributed by atoms with Crippen LogP contribution in [0.4, 0.5) is 4.39 Å². The maximum absolute atomic E-state index is 13.6. The summed E-state index contributed by atoms with van der Waals surface area (Å²) in [6.07, 6.45) is 4.87. The summed E-state index contributed by atoms with van der Waals surface area (Å²) in [5.41, 5.74) is 7.37. The lowest BCUT2D eigenvalue weighted by atomic mass is 9.87. The second-order valence-corrected chi connectivity index (χ2v) is 11.2. The van der Waals surface area contributed by atoms with E-state index in [1.54, 1.807) is 43.6 Å². The number of hydrogen-bond acceptors (Lipinski definition) is 8. The minimum Gasteiger partial charge on any atom is -0.381 e. The number of pyridine rings is 1. The van der Waals surface area contributed by atoms with E-state index in [4.69, 9.17) is 10.7 Å². The van der Waals surface area contributed by atoms with Crippen molar-refractivity contribution in [2.24, 2.45) is 11.7 Å². The summed E-state index contributed by atoms with van der Waals surface area (Å²) < 4.78 is 13.6. The highest BCUT2D eigenvalue weighted by Gasteiger charge is 2.47. The highest BCUT2D eigenvalue weighted by Crippen LogP contribution is 2.46. The van der Waals surface area contributed by atoms with E-state index < -0.39 is 11.1 Å². The van der Waals surface area contributed by atoms with Gasteiger partial charge in [0.2, 0.25) is 0 Å². The van der Waals surface area contributed by atoms with E-state index in [2.05, 4.69) is 20.3 Å². The number of aromatic nitrogens is 4. The van der Waals surface area contributed by atoms with Crippen LogP contribution in [0.2, 0.25) is 0 Å². The molecule has 0 bridgehead atoms. The first-order chi connectivity index (χ1) is 18.0. The van der Waals surface area contributed by atoms with Crippen LogP contribution in [0.25, 0.3) is 22.1 Å². The van der Waals surface area contributed by atoms with E-state index in [1.807, 2.05) is 19.9 Å². The number of amides is 1. The molecule has 1 aliphatic carbocycles. The standard InChI is InChI=1S/C28H29FN6O2S/c1-16-23(38-26(34-16)24-31-11-4-12-32-24)25(36)33-15-28(37,18-7-8-18)22-14-19(27(2,3)30)13-21(35-22)17-5-9-20(29)10-6-17/h4-6,9-14,18,37H,7-8,15,30H2,1-3H3,(H,33,36). The zero-order valence-electron chi connectivity index (χ0n) is 21.4. The third-order valence-corrected chi connectivity index (χ3v) is 7.84. The molecule has 4 N–H and O–H groups in total. The normalized spacial score (nSPS) is 15.2. The van der Waals surface area contributed by atoms with Crippen LogP contribution in [0.1, 0.15) is 53.3 Å². The van der Waals surface area contributed by atoms with Crippen LogP contribution in [0.5, 0.6) is 0 Å². The topological polar surface area (TPSA) is 127 Å². The quantitative estimate of drug-likeness (QED) is 0.308. The predicted molar refractivity (Wildman–Crippen MR) is 144 cm³/mol. The van der Waals surface area contributed by atoms with Gasteiger partial charge in [-0.1, -0.05) is 0 Å². The molecule has 196 valence electrons. The minimum atomic E-state index is -1.41. The summed E-state index contributed by atoms with van der Waals surface area (Å²) in [6.45, 7) is 5.47. The number of benzene rings is 1. The van der Waals surface area contributed by atoms with E-state index >= 15 is 0 Å². The zero-order valence-corrected chi connectivity index (χ0v) is 22.2. The van der Waals surface area contributed by atoms with Gasteiger partial charge in [-0.05, 0) is 87.6 Å². The Kier molecular flexibility index (Phi) is 6.81. The van der Waals surface area contributed by atoms with Gasteiger partial charge in [0.1, 0.15) is 16.3 Å². The van der Waals surface area contributed by atoms with Crippen LogP contribution in [0.15, 0.2) is 54.9 Å². The largest absolute Gasteiger partial charge is 0.381 e. The van der Waals surface area contributed by atoms with Gasteiger partial charge in [0.15, 0.2) is 10.8 Å². The van der Waals surface area contributed by atoms with Gasteiger partial charge < -0.3 is 16.2 Å². The summed E-state index contributed by atoms with van der Waals surface area (Å²) >= 11 is 1.21. The average Bonchev–Trinajstić information content (AvgIpc) is 3.69. The molecular weight excluding hydrogens is 503 g/mol. The van der Waals surface area contributed by atoms with Crippen molar-refractivity contribution in [2.75, 3.05) is 6.54 Å². The van der Waals surface area contributed by atoms with E-state index in [0.717, 1.165) is 18.4 Å². The van der Waals surface area contributed by atoms with Gasteiger partial charge in [-0.3, -0.25) is 4.79 Å². The maximum Gasteiger partial charge on any atom is 0.263 e. The molecule has 0 spiro atoms. The monoisotopic (exact) mass is 532 g/mol. The SMILES string of the molecule is Cc1nc(-c2ncccn2)sc1C(=O)NCC(O)(c1cc(C(C)(C)N)cc(-c2ccc(F)cc2)n1)C1CC1. The molecule has 3 aromatic heterocycles. The van der Waals surface area contributed by atoms with Crippen LogP contribution in [0, 0.1) is 18.7 Å². The number of nitrogens with two attached hydrogens (primary N) is 1. The number of carbonyl (C=O) groups is 1. The van der Waals surface area contributed by atoms with E-state index in [1.165, 1.54) is 23.5 Å². The zero-order chi connectivity index (χ0) is 27.1. The van der Waals surface area contributed by atoms with Crippen LogP contribution in [0.3, 0.4) is 0 Å². The molecule has 0 saturated heterocycles. The van der Waals surface area contributed by atoms with Gasteiger partial charge in [0, 0.05) is 23.5 Å². The number of aliphatic hydroxyl groups is 1. The van der Waals surface area contributed by atoms with Crippen LogP contribution in [-0.4, -0.2) is 37.5 Å². The molecule has 0 aliphatic heterocycles. The molecule has 0 radical (unpaired) electrons. The third-order valence-electron chi connectivity index (χ3n) is 6.68. The number of nitrogens with zero attached hydrogens (tertiary/aromatic N) is 4. The highest BCUT2D eigenvalue weighted by atomic mass is 32.1. The van der Waals surface area contributed by atoms with Gasteiger partial charge in [0.25, 0.3) is 5.91 Å². The summed E-state index contributed by atoms with van der Waals surface area (Å²) in [5.74, 6) is -0.298. The lowest BCUT2D eigenvalue weighted by Crippen LogP contribution is -2.43. The van der Waals surface area contributed by atoms with Gasteiger partial charge >= 0.3 is 0 Å². The Morgan fingerprint density at radius 1 is 1.16 bits per heavy atom. The van der Waals surface area contributed by atoms with Crippen molar-refractivity contribution in [3.05, 3.63) is 82.5 Å². The first-order valence-corrected chi connectivity index (χ1v) is 13.2. The Labute approximate surface area is 224 Å². The van der Waals surface area contributed by atoms with Crippen molar-refractivity contribution in [3.8, 4) is 22.1 Å². The van der Waals surface area contributed by atoms with Gasteiger partial charge in [-0.2, -0.15) is 0 Å². The van der Waals surface area contributed by atoms with Crippen LogP contribution in [-0.2, 0) is 11.1 Å². The molecule has 5 rings (SSSR count). The average molecular weight is 533 g/mol. The Hall–Kier alpha value is -3.60. The third kappa shape index (κ3) is 5.33. The van der Waals surface area contributed by atoms with E-state index in [-0.39, 0.29) is 24.2 Å². The van der Waals surface area contributed by atoms with Crippen LogP contribution < -0.4 is 11.1 Å². The van der Waals surface area contributed by atoms with Crippen molar-refractivity contribution >= 4 is 17.2 Å². The number of rotatable bonds is 8. The molecule has 1 atom stereocenters. The summed E-state index contributed by atoms with van der Waals surface area (Å²) in [7, 11) is 0. The molecule has 8 nitrogen and oxygen atoms in total. The number of halogens is 1. The van der Waals surface area contributed by atoms with Crippen molar-refractivity contribution in [2.45, 2.75) is 44.8 Å². The molecule has 1 aliphatic rings. The van der Waals surface area contributed by atoms with Gasteiger partial charge in [-0.15, -0.1) is 11.3 Å². The molecule has 3 heterocycles. The fourth-order valence-corrected chi connectivity index (χ4v) is 5.24. The molecule has 1 unspecified atom stereocenters. The number of aryl methyl sites for hydroxylation is 1. The molecule has 38 heavy (non-hydrogen) atoms. The Morgan fingerprint density at radius 3 is 2.47 bits per heavy atom. The molecule has 1 amide bonds. The first-order valence-electron chi connectivity index (χ1n) is 12.4. The summed E-state index contributed by atoms with van der Waals surface area (Å²) in [6, 6.07) is 11.4. The van der Waals surface area contributed by atoms with E-state index in [9.17, 15) is 14.3 Å². The first kappa shape index (κ1) is 26.0. The van der Waals surface area contributed by atoms with Gasteiger partial charge in [0.05, 0.1) is 23.6 Å². The molecular formula is C28H29FN6O2S.